The van der Waals surface area contributed by atoms with Crippen LogP contribution in [0.3, 0.4) is 0 Å². The average Bonchev–Trinajstić information content (AvgIpc) is 2.74. The van der Waals surface area contributed by atoms with E-state index in [-0.39, 0.29) is 18.3 Å². The minimum Gasteiger partial charge on any atom is -0.354 e. The van der Waals surface area contributed by atoms with Crippen molar-refractivity contribution in [1.82, 2.24) is 14.9 Å². The molecule has 1 aromatic carbocycles. The van der Waals surface area contributed by atoms with E-state index < -0.39 is 0 Å². The molecule has 0 saturated heterocycles. The van der Waals surface area contributed by atoms with Gasteiger partial charge in [-0.2, -0.15) is 0 Å². The molecule has 3 rings (SSSR count). The van der Waals surface area contributed by atoms with E-state index in [1.165, 1.54) is 18.4 Å². The zero-order valence-electron chi connectivity index (χ0n) is 18.2. The van der Waals surface area contributed by atoms with Crippen LogP contribution >= 0.6 is 12.4 Å². The van der Waals surface area contributed by atoms with E-state index in [2.05, 4.69) is 46.5 Å². The smallest absolute Gasteiger partial charge is 0.257 e. The van der Waals surface area contributed by atoms with Gasteiger partial charge in [0.15, 0.2) is 5.65 Å². The Morgan fingerprint density at radius 1 is 1.03 bits per heavy atom. The molecule has 0 aliphatic rings. The third kappa shape index (κ3) is 5.28. The average molecular weight is 427 g/mol. The first-order chi connectivity index (χ1) is 14.1. The number of hydrogen-bond donors (Lipinski definition) is 1. The minimum absolute atomic E-state index is 0. The molecule has 0 radical (unpaired) electrons. The molecular formula is C24H31ClN4O. The molecule has 3 aromatic rings. The summed E-state index contributed by atoms with van der Waals surface area (Å²) >= 11 is 0. The van der Waals surface area contributed by atoms with E-state index in [4.69, 9.17) is 0 Å². The SMILES string of the molecule is CCCCc1ccc(Nc2c(C(=O)N(CC)CC)cnc3nc(C)ccc23)cc1.Cl. The standard InChI is InChI=1S/C24H30N4O.ClH/c1-5-8-9-18-11-13-19(14-12-18)27-22-20-15-10-17(4)26-23(20)25-16-21(22)24(29)28(6-2)7-3;/h10-16H,5-9H2,1-4H3,(H,25,26,27);1H. The summed E-state index contributed by atoms with van der Waals surface area (Å²) in [5.74, 6) is -0.0213. The lowest BCUT2D eigenvalue weighted by molar-refractivity contribution is 0.0774. The first kappa shape index (κ1) is 23.6. The van der Waals surface area contributed by atoms with Crippen molar-refractivity contribution in [2.45, 2.75) is 47.0 Å². The van der Waals surface area contributed by atoms with Crippen LogP contribution in [0.25, 0.3) is 11.0 Å². The molecular weight excluding hydrogens is 396 g/mol. The Morgan fingerprint density at radius 2 is 1.73 bits per heavy atom. The third-order valence-corrected chi connectivity index (χ3v) is 5.19. The fourth-order valence-corrected chi connectivity index (χ4v) is 3.43. The number of pyridine rings is 2. The molecule has 0 unspecified atom stereocenters. The van der Waals surface area contributed by atoms with Gasteiger partial charge in [-0.3, -0.25) is 4.79 Å². The van der Waals surface area contributed by atoms with Crippen LogP contribution in [0.1, 0.15) is 55.2 Å². The predicted molar refractivity (Wildman–Crippen MR) is 127 cm³/mol. The molecule has 2 aromatic heterocycles. The molecule has 160 valence electrons. The molecule has 0 atom stereocenters. The van der Waals surface area contributed by atoms with Crippen LogP contribution in [0.15, 0.2) is 42.6 Å². The zero-order chi connectivity index (χ0) is 20.8. The van der Waals surface area contributed by atoms with Crippen LogP contribution in [-0.4, -0.2) is 33.9 Å². The van der Waals surface area contributed by atoms with E-state index >= 15 is 0 Å². The molecule has 5 nitrogen and oxygen atoms in total. The van der Waals surface area contributed by atoms with Crippen molar-refractivity contribution in [2.75, 3.05) is 18.4 Å². The summed E-state index contributed by atoms with van der Waals surface area (Å²) in [6.07, 6.45) is 5.11. The van der Waals surface area contributed by atoms with Gasteiger partial charge in [-0.15, -0.1) is 12.4 Å². The number of fused-ring (bicyclic) bond motifs is 1. The summed E-state index contributed by atoms with van der Waals surface area (Å²) in [5.41, 5.74) is 5.16. The Hall–Kier alpha value is -2.66. The fourth-order valence-electron chi connectivity index (χ4n) is 3.43. The normalized spacial score (nSPS) is 10.5. The number of carbonyl (C=O) groups is 1. The van der Waals surface area contributed by atoms with E-state index in [0.717, 1.165) is 28.9 Å². The van der Waals surface area contributed by atoms with Crippen molar-refractivity contribution in [2.24, 2.45) is 0 Å². The van der Waals surface area contributed by atoms with E-state index in [1.807, 2.05) is 37.8 Å². The molecule has 30 heavy (non-hydrogen) atoms. The second kappa shape index (κ2) is 10.9. The van der Waals surface area contributed by atoms with Gasteiger partial charge >= 0.3 is 0 Å². The third-order valence-electron chi connectivity index (χ3n) is 5.19. The van der Waals surface area contributed by atoms with Crippen LogP contribution in [0.2, 0.25) is 0 Å². The lowest BCUT2D eigenvalue weighted by Crippen LogP contribution is -2.31. The van der Waals surface area contributed by atoms with Crippen LogP contribution in [0, 0.1) is 6.92 Å². The number of carbonyl (C=O) groups excluding carboxylic acids is 1. The molecule has 0 aliphatic heterocycles. The number of aryl methyl sites for hydroxylation is 2. The molecule has 0 spiro atoms. The number of hydrogen-bond acceptors (Lipinski definition) is 4. The van der Waals surface area contributed by atoms with Gasteiger partial charge < -0.3 is 10.2 Å². The number of nitrogens with zero attached hydrogens (tertiary/aromatic N) is 3. The van der Waals surface area contributed by atoms with Gasteiger partial charge in [0.1, 0.15) is 0 Å². The molecule has 6 heteroatoms. The van der Waals surface area contributed by atoms with Crippen molar-refractivity contribution < 1.29 is 4.79 Å². The van der Waals surface area contributed by atoms with E-state index in [1.54, 1.807) is 6.20 Å². The number of aromatic nitrogens is 2. The molecule has 0 saturated carbocycles. The number of rotatable bonds is 8. The molecule has 0 aliphatic carbocycles. The molecule has 0 bridgehead atoms. The van der Waals surface area contributed by atoms with Gasteiger partial charge in [0.25, 0.3) is 5.91 Å². The van der Waals surface area contributed by atoms with Gasteiger partial charge in [-0.1, -0.05) is 25.5 Å². The Bertz CT molecular complexity index is 984. The number of benzene rings is 1. The maximum atomic E-state index is 13.1. The minimum atomic E-state index is -0.0213. The highest BCUT2D eigenvalue weighted by Gasteiger charge is 2.20. The molecule has 2 heterocycles. The fraction of sp³-hybridized carbons (Fsp3) is 0.375. The van der Waals surface area contributed by atoms with E-state index in [9.17, 15) is 4.79 Å². The quantitative estimate of drug-likeness (QED) is 0.485. The van der Waals surface area contributed by atoms with Crippen LogP contribution in [0.4, 0.5) is 11.4 Å². The number of anilines is 2. The Morgan fingerprint density at radius 3 is 2.37 bits per heavy atom. The Kier molecular flexibility index (Phi) is 8.60. The van der Waals surface area contributed by atoms with Crippen molar-refractivity contribution in [3.63, 3.8) is 0 Å². The number of amides is 1. The predicted octanol–water partition coefficient (Wildman–Crippen LogP) is 5.93. The monoisotopic (exact) mass is 426 g/mol. The number of nitrogens with one attached hydrogen (secondary N) is 1. The summed E-state index contributed by atoms with van der Waals surface area (Å²) in [5, 5.41) is 4.33. The van der Waals surface area contributed by atoms with Gasteiger partial charge in [0.2, 0.25) is 0 Å². The Balaban J connectivity index is 0.00000320. The Labute approximate surface area is 185 Å². The molecule has 1 amide bonds. The van der Waals surface area contributed by atoms with Crippen LogP contribution in [-0.2, 0) is 6.42 Å². The summed E-state index contributed by atoms with van der Waals surface area (Å²) in [4.78, 5) is 23.9. The lowest BCUT2D eigenvalue weighted by Gasteiger charge is -2.21. The van der Waals surface area contributed by atoms with Gasteiger partial charge in [-0.25, -0.2) is 9.97 Å². The highest BCUT2D eigenvalue weighted by molar-refractivity contribution is 6.07. The van der Waals surface area contributed by atoms with Gasteiger partial charge in [-0.05, 0) is 63.4 Å². The summed E-state index contributed by atoms with van der Waals surface area (Å²) in [7, 11) is 0. The van der Waals surface area contributed by atoms with Crippen LogP contribution in [0.5, 0.6) is 0 Å². The van der Waals surface area contributed by atoms with Crippen LogP contribution < -0.4 is 5.32 Å². The maximum absolute atomic E-state index is 13.1. The first-order valence-electron chi connectivity index (χ1n) is 10.5. The second-order valence-corrected chi connectivity index (χ2v) is 7.27. The number of unbranched alkanes of at least 4 members (excludes halogenated alkanes) is 1. The highest BCUT2D eigenvalue weighted by atomic mass is 35.5. The maximum Gasteiger partial charge on any atom is 0.257 e. The largest absolute Gasteiger partial charge is 0.354 e. The van der Waals surface area contributed by atoms with Crippen molar-refractivity contribution in [1.29, 1.82) is 0 Å². The van der Waals surface area contributed by atoms with E-state index in [0.29, 0.717) is 24.3 Å². The lowest BCUT2D eigenvalue weighted by atomic mass is 10.1. The molecule has 1 N–H and O–H groups in total. The van der Waals surface area contributed by atoms with Crippen molar-refractivity contribution in [3.8, 4) is 0 Å². The van der Waals surface area contributed by atoms with Gasteiger partial charge in [0.05, 0.1) is 11.3 Å². The molecule has 0 fully saturated rings. The summed E-state index contributed by atoms with van der Waals surface area (Å²) in [6, 6.07) is 12.4. The van der Waals surface area contributed by atoms with Crippen molar-refractivity contribution >= 4 is 40.7 Å². The highest BCUT2D eigenvalue weighted by Crippen LogP contribution is 2.30. The first-order valence-corrected chi connectivity index (χ1v) is 10.5. The zero-order valence-corrected chi connectivity index (χ0v) is 19.1. The number of halogens is 1. The summed E-state index contributed by atoms with van der Waals surface area (Å²) < 4.78 is 0. The summed E-state index contributed by atoms with van der Waals surface area (Å²) in [6.45, 7) is 9.44. The van der Waals surface area contributed by atoms with Crippen molar-refractivity contribution in [3.05, 3.63) is 59.4 Å². The second-order valence-electron chi connectivity index (χ2n) is 7.27. The topological polar surface area (TPSA) is 58.1 Å². The van der Waals surface area contributed by atoms with Gasteiger partial charge in [0, 0.05) is 36.1 Å².